The summed E-state index contributed by atoms with van der Waals surface area (Å²) in [6.07, 6.45) is 4.85. The lowest BCUT2D eigenvalue weighted by Crippen LogP contribution is -2.63. The maximum absolute atomic E-state index is 14.1. The Bertz CT molecular complexity index is 1450. The van der Waals surface area contributed by atoms with Gasteiger partial charge in [0.15, 0.2) is 11.4 Å². The van der Waals surface area contributed by atoms with E-state index in [0.29, 0.717) is 24.3 Å². The van der Waals surface area contributed by atoms with Crippen molar-refractivity contribution in [1.82, 2.24) is 0 Å². The number of Topliss-reactive ketones (excluding diaryl/α,β-unsaturated/α-hetero) is 1. The highest BCUT2D eigenvalue weighted by Gasteiger charge is 2.70. The normalized spacial score (nSPS) is 35.6. The first kappa shape index (κ1) is 30.9. The van der Waals surface area contributed by atoms with Crippen LogP contribution in [0.25, 0.3) is 0 Å². The van der Waals surface area contributed by atoms with Gasteiger partial charge in [-0.2, -0.15) is 8.42 Å². The highest BCUT2D eigenvalue weighted by molar-refractivity contribution is 7.86. The van der Waals surface area contributed by atoms with Crippen molar-refractivity contribution in [3.63, 3.8) is 0 Å². The summed E-state index contributed by atoms with van der Waals surface area (Å²) in [6, 6.07) is 5.35. The number of benzene rings is 1. The molecule has 0 radical (unpaired) electrons. The highest BCUT2D eigenvalue weighted by atomic mass is 35.5. The zero-order chi connectivity index (χ0) is 30.7. The van der Waals surface area contributed by atoms with Crippen LogP contribution in [0.3, 0.4) is 0 Å². The fourth-order valence-corrected chi connectivity index (χ4v) is 9.27. The minimum absolute atomic E-state index is 0.0307. The van der Waals surface area contributed by atoms with Crippen LogP contribution in [-0.4, -0.2) is 55.7 Å². The fraction of sp³-hybridized carbons (Fsp3) is 0.581. The zero-order valence-corrected chi connectivity index (χ0v) is 25.7. The van der Waals surface area contributed by atoms with Crippen molar-refractivity contribution in [1.29, 1.82) is 0 Å². The van der Waals surface area contributed by atoms with E-state index in [1.165, 1.54) is 24.3 Å². The Labute approximate surface area is 251 Å². The van der Waals surface area contributed by atoms with E-state index in [4.69, 9.17) is 25.3 Å². The van der Waals surface area contributed by atoms with E-state index in [1.807, 2.05) is 19.9 Å². The molecule has 4 aliphatic rings. The van der Waals surface area contributed by atoms with Crippen molar-refractivity contribution in [3.05, 3.63) is 53.1 Å². The van der Waals surface area contributed by atoms with Gasteiger partial charge in [-0.25, -0.2) is 4.79 Å². The second-order valence-electron chi connectivity index (χ2n) is 12.7. The number of allylic oxidation sites excluding steroid dienone is 4. The summed E-state index contributed by atoms with van der Waals surface area (Å²) in [4.78, 5) is 39.0. The Hall–Kier alpha value is -2.53. The summed E-state index contributed by atoms with van der Waals surface area (Å²) >= 11 is 5.88. The van der Waals surface area contributed by atoms with E-state index in [0.717, 1.165) is 5.57 Å². The molecule has 1 N–H and O–H groups in total. The van der Waals surface area contributed by atoms with Gasteiger partial charge in [-0.05, 0) is 94.2 Å². The van der Waals surface area contributed by atoms with Crippen LogP contribution in [0.15, 0.2) is 53.0 Å². The number of aliphatic hydroxyl groups is 1. The van der Waals surface area contributed by atoms with Crippen LogP contribution in [-0.2, 0) is 33.4 Å². The van der Waals surface area contributed by atoms with Gasteiger partial charge >= 0.3 is 6.16 Å². The monoisotopic (exact) mass is 620 g/mol. The second-order valence-corrected chi connectivity index (χ2v) is 14.7. The standard InChI is InChI=1S/C31H37ClO9S/c1-18(2)40-28(36)41-31(26(35)17-39-42(37,38)22-8-6-20(32)7-9-22)14-12-24-23-10-5-19-15-21(33)11-13-29(19,3)27(23)25(34)16-30(24,31)4/h6-9,11,13,15,18,23-25,27,34H,5,10,12,14,16-17H2,1-4H3/t23-,24-,25?,27+,29-,30-,31-/m0/s1. The molecule has 228 valence electrons. The number of carbonyl (C=O) groups is 3. The van der Waals surface area contributed by atoms with Gasteiger partial charge in [0, 0.05) is 21.8 Å². The SMILES string of the molecule is CC(C)OC(=O)O[C@]1(C(=O)COS(=O)(=O)c2ccc(Cl)cc2)CC[C@H]2[C@@H]3CCC4=CC(=O)C=C[C@]4(C)[C@H]3C(O)C[C@@]21C. The number of hydrogen-bond acceptors (Lipinski definition) is 9. The molecule has 1 unspecified atom stereocenters. The first-order valence-electron chi connectivity index (χ1n) is 14.3. The van der Waals surface area contributed by atoms with E-state index in [9.17, 15) is 27.9 Å². The van der Waals surface area contributed by atoms with Crippen molar-refractivity contribution >= 4 is 39.4 Å². The third-order valence-electron chi connectivity index (χ3n) is 10.1. The number of rotatable bonds is 7. The number of hydrogen-bond donors (Lipinski definition) is 1. The van der Waals surface area contributed by atoms with E-state index >= 15 is 0 Å². The smallest absolute Gasteiger partial charge is 0.432 e. The summed E-state index contributed by atoms with van der Waals surface area (Å²) in [7, 11) is -4.32. The first-order chi connectivity index (χ1) is 19.6. The van der Waals surface area contributed by atoms with Crippen LogP contribution < -0.4 is 0 Å². The molecule has 0 spiro atoms. The zero-order valence-electron chi connectivity index (χ0n) is 24.2. The van der Waals surface area contributed by atoms with Crippen molar-refractivity contribution in [2.75, 3.05) is 6.61 Å². The molecular formula is C31H37ClO9S. The van der Waals surface area contributed by atoms with Gasteiger partial charge in [-0.3, -0.25) is 13.8 Å². The molecule has 0 heterocycles. The molecule has 11 heteroatoms. The molecule has 0 bridgehead atoms. The molecule has 1 aromatic rings. The van der Waals surface area contributed by atoms with Crippen molar-refractivity contribution in [2.45, 2.75) is 82.5 Å². The number of ether oxygens (including phenoxy) is 2. The molecule has 5 rings (SSSR count). The second kappa shape index (κ2) is 10.9. The summed E-state index contributed by atoms with van der Waals surface area (Å²) in [6.45, 7) is 6.34. The molecule has 3 fully saturated rings. The highest BCUT2D eigenvalue weighted by Crippen LogP contribution is 2.68. The van der Waals surface area contributed by atoms with Gasteiger partial charge in [0.1, 0.15) is 6.61 Å². The summed E-state index contributed by atoms with van der Waals surface area (Å²) in [5.74, 6) is -1.12. The van der Waals surface area contributed by atoms with Crippen LogP contribution in [0.4, 0.5) is 4.79 Å². The summed E-state index contributed by atoms with van der Waals surface area (Å²) in [5, 5.41) is 12.1. The summed E-state index contributed by atoms with van der Waals surface area (Å²) < 4.78 is 42.2. The number of aliphatic hydroxyl groups excluding tert-OH is 1. The number of halogens is 1. The quantitative estimate of drug-likeness (QED) is 0.323. The maximum atomic E-state index is 14.1. The predicted molar refractivity (Wildman–Crippen MR) is 153 cm³/mol. The van der Waals surface area contributed by atoms with E-state index in [-0.39, 0.29) is 41.3 Å². The number of ketones is 2. The Morgan fingerprint density at radius 3 is 2.50 bits per heavy atom. The molecule has 3 saturated carbocycles. The van der Waals surface area contributed by atoms with Crippen LogP contribution in [0, 0.1) is 28.6 Å². The molecule has 0 aliphatic heterocycles. The Balaban J connectivity index is 1.48. The van der Waals surface area contributed by atoms with Gasteiger partial charge < -0.3 is 14.6 Å². The minimum atomic E-state index is -4.32. The molecule has 0 aromatic heterocycles. The van der Waals surface area contributed by atoms with Gasteiger partial charge in [0.25, 0.3) is 10.1 Å². The van der Waals surface area contributed by atoms with Crippen molar-refractivity contribution < 1.29 is 41.6 Å². The molecular weight excluding hydrogens is 584 g/mol. The largest absolute Gasteiger partial charge is 0.509 e. The van der Waals surface area contributed by atoms with E-state index in [1.54, 1.807) is 26.0 Å². The fourth-order valence-electron chi connectivity index (χ4n) is 8.27. The van der Waals surface area contributed by atoms with Crippen molar-refractivity contribution in [2.24, 2.45) is 28.6 Å². The number of fused-ring (bicyclic) bond motifs is 5. The van der Waals surface area contributed by atoms with Gasteiger partial charge in [-0.15, -0.1) is 0 Å². The molecule has 1 aromatic carbocycles. The molecule has 0 saturated heterocycles. The molecule has 9 nitrogen and oxygen atoms in total. The van der Waals surface area contributed by atoms with Crippen LogP contribution >= 0.6 is 11.6 Å². The van der Waals surface area contributed by atoms with Crippen LogP contribution in [0.2, 0.25) is 5.02 Å². The summed E-state index contributed by atoms with van der Waals surface area (Å²) in [5.41, 5.74) is -2.32. The van der Waals surface area contributed by atoms with Gasteiger partial charge in [0.2, 0.25) is 5.78 Å². The molecule has 0 amide bonds. The average molecular weight is 621 g/mol. The van der Waals surface area contributed by atoms with E-state index in [2.05, 4.69) is 0 Å². The Morgan fingerprint density at radius 2 is 1.83 bits per heavy atom. The van der Waals surface area contributed by atoms with Gasteiger partial charge in [0.05, 0.1) is 17.1 Å². The first-order valence-corrected chi connectivity index (χ1v) is 16.1. The third-order valence-corrected chi connectivity index (χ3v) is 11.6. The topological polar surface area (TPSA) is 133 Å². The van der Waals surface area contributed by atoms with E-state index < -0.39 is 57.3 Å². The Morgan fingerprint density at radius 1 is 1.14 bits per heavy atom. The number of carbonyl (C=O) groups excluding carboxylic acids is 3. The lowest BCUT2D eigenvalue weighted by atomic mass is 9.46. The predicted octanol–water partition coefficient (Wildman–Crippen LogP) is 5.19. The van der Waals surface area contributed by atoms with Crippen LogP contribution in [0.5, 0.6) is 0 Å². The van der Waals surface area contributed by atoms with Crippen LogP contribution in [0.1, 0.15) is 59.8 Å². The molecule has 7 atom stereocenters. The average Bonchev–Trinajstić information content (AvgIpc) is 3.19. The van der Waals surface area contributed by atoms with Gasteiger partial charge in [-0.1, -0.05) is 37.1 Å². The lowest BCUT2D eigenvalue weighted by molar-refractivity contribution is -0.184. The third kappa shape index (κ3) is 5.04. The minimum Gasteiger partial charge on any atom is -0.432 e. The molecule has 42 heavy (non-hydrogen) atoms. The maximum Gasteiger partial charge on any atom is 0.509 e. The van der Waals surface area contributed by atoms with Crippen molar-refractivity contribution in [3.8, 4) is 0 Å². The lowest BCUT2D eigenvalue weighted by Gasteiger charge is -2.59. The Kier molecular flexibility index (Phi) is 8.01. The molecule has 4 aliphatic carbocycles.